The molecule has 96 valence electrons. The molecule has 0 fully saturated rings. The van der Waals surface area contributed by atoms with Crippen LogP contribution in [0.4, 0.5) is 0 Å². The second kappa shape index (κ2) is 29.2. The molecule has 6 nitrogen and oxygen atoms in total. The number of hydrogen-bond acceptors (Lipinski definition) is 6. The Morgan fingerprint density at radius 2 is 0.600 bits per heavy atom. The fraction of sp³-hybridized carbons (Fsp3) is 1.00. The fourth-order valence-electron chi connectivity index (χ4n) is 0.294. The summed E-state index contributed by atoms with van der Waals surface area (Å²) in [5.74, 6) is 0. The van der Waals surface area contributed by atoms with Crippen molar-refractivity contribution in [1.29, 1.82) is 0 Å². The minimum Gasteiger partial charge on any atom is -0.396 e. The van der Waals surface area contributed by atoms with Crippen molar-refractivity contribution in [3.63, 3.8) is 0 Å². The van der Waals surface area contributed by atoms with Crippen LogP contribution in [-0.2, 0) is 0 Å². The van der Waals surface area contributed by atoms with Crippen LogP contribution in [0, 0.1) is 0 Å². The summed E-state index contributed by atoms with van der Waals surface area (Å²) >= 11 is 0. The summed E-state index contributed by atoms with van der Waals surface area (Å²) in [6, 6.07) is 0. The van der Waals surface area contributed by atoms with Crippen LogP contribution in [0.3, 0.4) is 0 Å². The van der Waals surface area contributed by atoms with Crippen LogP contribution in [-0.4, -0.2) is 70.3 Å². The molecular formula is C9H24O6. The van der Waals surface area contributed by atoms with Crippen molar-refractivity contribution in [3.8, 4) is 0 Å². The van der Waals surface area contributed by atoms with Gasteiger partial charge < -0.3 is 30.6 Å². The third kappa shape index (κ3) is 57.4. The molecule has 0 amide bonds. The smallest absolute Gasteiger partial charge is 0.0662 e. The summed E-state index contributed by atoms with van der Waals surface area (Å²) in [6.07, 6.45) is 1.94. The van der Waals surface area contributed by atoms with Gasteiger partial charge in [0.15, 0.2) is 0 Å². The third-order valence-electron chi connectivity index (χ3n) is 0.982. The molecule has 0 aromatic carbocycles. The van der Waals surface area contributed by atoms with E-state index in [1.165, 1.54) is 0 Å². The van der Waals surface area contributed by atoms with E-state index in [0.717, 1.165) is 12.8 Å². The highest BCUT2D eigenvalue weighted by Gasteiger charge is 1.77. The fourth-order valence-corrected chi connectivity index (χ4v) is 0.294. The van der Waals surface area contributed by atoms with Gasteiger partial charge in [-0.2, -0.15) is 0 Å². The lowest BCUT2D eigenvalue weighted by Crippen LogP contribution is -1.85. The van der Waals surface area contributed by atoms with Crippen molar-refractivity contribution in [2.24, 2.45) is 0 Å². The Balaban J connectivity index is -0.000000147. The van der Waals surface area contributed by atoms with Gasteiger partial charge >= 0.3 is 0 Å². The van der Waals surface area contributed by atoms with E-state index >= 15 is 0 Å². The Bertz CT molecular complexity index is 63.6. The number of hydrogen-bond donors (Lipinski definition) is 6. The van der Waals surface area contributed by atoms with E-state index in [4.69, 9.17) is 30.6 Å². The molecule has 0 aliphatic carbocycles. The van der Waals surface area contributed by atoms with Crippen LogP contribution in [0.5, 0.6) is 0 Å². The highest BCUT2D eigenvalue weighted by molar-refractivity contribution is 4.30. The number of aliphatic hydroxyl groups is 6. The average molecular weight is 228 g/mol. The van der Waals surface area contributed by atoms with Crippen LogP contribution in [0.25, 0.3) is 0 Å². The molecule has 0 aromatic rings. The molecule has 0 rings (SSSR count). The second-order valence-corrected chi connectivity index (χ2v) is 2.40. The topological polar surface area (TPSA) is 121 Å². The van der Waals surface area contributed by atoms with E-state index < -0.39 is 0 Å². The molecule has 6 heteroatoms. The molecule has 0 saturated carbocycles. The normalized spacial score (nSPS) is 8.40. The Morgan fingerprint density at radius 1 is 0.333 bits per heavy atom. The van der Waals surface area contributed by atoms with Gasteiger partial charge in [0.2, 0.25) is 0 Å². The maximum Gasteiger partial charge on any atom is 0.0662 e. The maximum atomic E-state index is 8.09. The summed E-state index contributed by atoms with van der Waals surface area (Å²) in [5.41, 5.74) is 0. The summed E-state index contributed by atoms with van der Waals surface area (Å²) in [7, 11) is 0. The number of unbranched alkanes of at least 4 members (excludes halogenated alkanes) is 1. The standard InChI is InChI=1S/C4H10O2.C3H8O2.C2H6O2/c5-3-1-2-4-6;4-2-1-3-5;3-1-2-4/h5-6H,1-4H2;4-5H,1-3H2;3-4H,1-2H2. The summed E-state index contributed by atoms with van der Waals surface area (Å²) in [4.78, 5) is 0. The Morgan fingerprint density at radius 3 is 0.667 bits per heavy atom. The highest BCUT2D eigenvalue weighted by atomic mass is 16.3. The number of aliphatic hydroxyl groups excluding tert-OH is 6. The maximum absolute atomic E-state index is 8.09. The van der Waals surface area contributed by atoms with Gasteiger partial charge in [0.1, 0.15) is 0 Å². The van der Waals surface area contributed by atoms with Crippen LogP contribution in [0.1, 0.15) is 19.3 Å². The molecule has 0 saturated heterocycles. The van der Waals surface area contributed by atoms with E-state index in [-0.39, 0.29) is 39.6 Å². The van der Waals surface area contributed by atoms with Crippen molar-refractivity contribution >= 4 is 0 Å². The zero-order valence-corrected chi connectivity index (χ0v) is 9.05. The van der Waals surface area contributed by atoms with Crippen LogP contribution < -0.4 is 0 Å². The van der Waals surface area contributed by atoms with Gasteiger partial charge in [-0.1, -0.05) is 0 Å². The quantitative estimate of drug-likeness (QED) is 0.295. The lowest BCUT2D eigenvalue weighted by atomic mass is 10.3. The lowest BCUT2D eigenvalue weighted by Gasteiger charge is -1.85. The van der Waals surface area contributed by atoms with Crippen molar-refractivity contribution < 1.29 is 30.6 Å². The molecule has 0 atom stereocenters. The van der Waals surface area contributed by atoms with Gasteiger partial charge in [-0.05, 0) is 19.3 Å². The predicted octanol–water partition coefficient (Wildman–Crippen LogP) is -1.92. The summed E-state index contributed by atoms with van der Waals surface area (Å²) in [5, 5.41) is 47.2. The Labute approximate surface area is 90.4 Å². The van der Waals surface area contributed by atoms with Crippen molar-refractivity contribution in [3.05, 3.63) is 0 Å². The molecule has 0 aromatic heterocycles. The SMILES string of the molecule is OCCCCO.OCCCO.OCCO. The minimum atomic E-state index is -0.125. The lowest BCUT2D eigenvalue weighted by molar-refractivity contribution is 0.186. The molecule has 0 bridgehead atoms. The largest absolute Gasteiger partial charge is 0.396 e. The minimum absolute atomic E-state index is 0.0938. The monoisotopic (exact) mass is 228 g/mol. The number of rotatable bonds is 6. The average Bonchev–Trinajstić information content (AvgIpc) is 2.28. The van der Waals surface area contributed by atoms with E-state index in [9.17, 15) is 0 Å². The molecule has 0 aliphatic heterocycles. The Kier molecular flexibility index (Phi) is 39.3. The zero-order valence-electron chi connectivity index (χ0n) is 9.05. The molecule has 0 heterocycles. The summed E-state index contributed by atoms with van der Waals surface area (Å²) < 4.78 is 0. The van der Waals surface area contributed by atoms with Gasteiger partial charge in [-0.3, -0.25) is 0 Å². The van der Waals surface area contributed by atoms with Crippen LogP contribution in [0.2, 0.25) is 0 Å². The molecule has 0 aliphatic rings. The highest BCUT2D eigenvalue weighted by Crippen LogP contribution is 1.80. The third-order valence-corrected chi connectivity index (χ3v) is 0.982. The first-order valence-corrected chi connectivity index (χ1v) is 4.90. The molecule has 6 N–H and O–H groups in total. The van der Waals surface area contributed by atoms with Gasteiger partial charge in [0, 0.05) is 26.4 Å². The van der Waals surface area contributed by atoms with Gasteiger partial charge in [0.25, 0.3) is 0 Å². The van der Waals surface area contributed by atoms with Gasteiger partial charge in [-0.15, -0.1) is 0 Å². The second-order valence-electron chi connectivity index (χ2n) is 2.40. The molecule has 0 radical (unpaired) electrons. The first-order chi connectivity index (χ1) is 7.24. The zero-order chi connectivity index (χ0) is 12.4. The van der Waals surface area contributed by atoms with E-state index in [1.807, 2.05) is 0 Å². The first-order valence-electron chi connectivity index (χ1n) is 4.90. The predicted molar refractivity (Wildman–Crippen MR) is 56.4 cm³/mol. The van der Waals surface area contributed by atoms with Crippen molar-refractivity contribution in [2.45, 2.75) is 19.3 Å². The molecule has 0 unspecified atom stereocenters. The first kappa shape index (κ1) is 20.2. The van der Waals surface area contributed by atoms with Crippen LogP contribution in [0.15, 0.2) is 0 Å². The van der Waals surface area contributed by atoms with E-state index in [2.05, 4.69) is 0 Å². The van der Waals surface area contributed by atoms with E-state index in [0.29, 0.717) is 6.42 Å². The van der Waals surface area contributed by atoms with Gasteiger partial charge in [0.05, 0.1) is 13.2 Å². The van der Waals surface area contributed by atoms with Crippen molar-refractivity contribution in [2.75, 3.05) is 39.6 Å². The molecular weight excluding hydrogens is 204 g/mol. The molecule has 15 heavy (non-hydrogen) atoms. The van der Waals surface area contributed by atoms with Crippen LogP contribution >= 0.6 is 0 Å². The summed E-state index contributed by atoms with van der Waals surface area (Å²) in [6.45, 7) is 0.328. The van der Waals surface area contributed by atoms with Crippen molar-refractivity contribution in [1.82, 2.24) is 0 Å². The Hall–Kier alpha value is -0.240. The van der Waals surface area contributed by atoms with Gasteiger partial charge in [-0.25, -0.2) is 0 Å². The van der Waals surface area contributed by atoms with E-state index in [1.54, 1.807) is 0 Å². The molecule has 0 spiro atoms.